The molecule has 1 aromatic heterocycles. The molecule has 0 saturated carbocycles. The van der Waals surface area contributed by atoms with Crippen LogP contribution < -0.4 is 9.64 Å². The fourth-order valence-corrected chi connectivity index (χ4v) is 3.05. The molecule has 0 spiro atoms. The van der Waals surface area contributed by atoms with Crippen LogP contribution in [0.4, 0.5) is 5.69 Å². The maximum absolute atomic E-state index is 9.51. The van der Waals surface area contributed by atoms with Gasteiger partial charge in [0, 0.05) is 41.0 Å². The van der Waals surface area contributed by atoms with Crippen molar-refractivity contribution in [2.45, 2.75) is 26.1 Å². The number of aliphatic hydroxyl groups excluding tert-OH is 1. The highest BCUT2D eigenvalue weighted by Crippen LogP contribution is 2.29. The van der Waals surface area contributed by atoms with Gasteiger partial charge in [-0.05, 0) is 24.6 Å². The summed E-state index contributed by atoms with van der Waals surface area (Å²) in [5, 5.41) is 9.51. The summed E-state index contributed by atoms with van der Waals surface area (Å²) in [6.07, 6.45) is 2.90. The predicted octanol–water partition coefficient (Wildman–Crippen LogP) is 3.30. The standard InChI is InChI=1S/C17H19BrN2O2/c1-12-2-5-17(19-9-12)22-15-6-7-20(10-15)16-8-14(18)4-3-13(16)11-21/h2-5,8-9,15,21H,6-7,10-11H2,1H3/t15-/m0/s1. The fourth-order valence-electron chi connectivity index (χ4n) is 2.70. The van der Waals surface area contributed by atoms with Gasteiger partial charge in [0.15, 0.2) is 0 Å². The largest absolute Gasteiger partial charge is 0.472 e. The molecule has 1 aliphatic rings. The molecule has 4 nitrogen and oxygen atoms in total. The van der Waals surface area contributed by atoms with Crippen molar-refractivity contribution in [1.29, 1.82) is 0 Å². The third-order valence-electron chi connectivity index (χ3n) is 3.88. The Morgan fingerprint density at radius 1 is 1.36 bits per heavy atom. The highest BCUT2D eigenvalue weighted by molar-refractivity contribution is 9.10. The second-order valence-electron chi connectivity index (χ2n) is 5.58. The number of aliphatic hydroxyl groups is 1. The van der Waals surface area contributed by atoms with E-state index in [0.717, 1.165) is 40.8 Å². The van der Waals surface area contributed by atoms with Crippen molar-refractivity contribution in [3.8, 4) is 5.88 Å². The minimum atomic E-state index is 0.0458. The number of pyridine rings is 1. The number of anilines is 1. The number of benzene rings is 1. The summed E-state index contributed by atoms with van der Waals surface area (Å²) >= 11 is 3.50. The van der Waals surface area contributed by atoms with Gasteiger partial charge in [-0.3, -0.25) is 0 Å². The molecule has 0 aliphatic carbocycles. The van der Waals surface area contributed by atoms with Crippen molar-refractivity contribution in [1.82, 2.24) is 4.98 Å². The zero-order valence-electron chi connectivity index (χ0n) is 12.5. The molecule has 0 unspecified atom stereocenters. The first-order valence-corrected chi connectivity index (χ1v) is 8.18. The minimum absolute atomic E-state index is 0.0458. The summed E-state index contributed by atoms with van der Waals surface area (Å²) in [7, 11) is 0. The molecule has 1 aliphatic heterocycles. The lowest BCUT2D eigenvalue weighted by atomic mass is 10.2. The number of aryl methyl sites for hydroxylation is 1. The predicted molar refractivity (Wildman–Crippen MR) is 90.3 cm³/mol. The molecule has 1 N–H and O–H groups in total. The third-order valence-corrected chi connectivity index (χ3v) is 4.37. The van der Waals surface area contributed by atoms with Crippen molar-refractivity contribution in [2.24, 2.45) is 0 Å². The first kappa shape index (κ1) is 15.3. The van der Waals surface area contributed by atoms with Crippen LogP contribution >= 0.6 is 15.9 Å². The van der Waals surface area contributed by atoms with Crippen LogP contribution in [0.25, 0.3) is 0 Å². The Balaban J connectivity index is 1.69. The number of hydrogen-bond acceptors (Lipinski definition) is 4. The van der Waals surface area contributed by atoms with Crippen LogP contribution in [0.1, 0.15) is 17.5 Å². The van der Waals surface area contributed by atoms with Crippen molar-refractivity contribution in [3.63, 3.8) is 0 Å². The van der Waals surface area contributed by atoms with Crippen molar-refractivity contribution in [2.75, 3.05) is 18.0 Å². The quantitative estimate of drug-likeness (QED) is 0.906. The topological polar surface area (TPSA) is 45.6 Å². The molecule has 5 heteroatoms. The van der Waals surface area contributed by atoms with Gasteiger partial charge < -0.3 is 14.7 Å². The van der Waals surface area contributed by atoms with Crippen LogP contribution in [-0.4, -0.2) is 29.3 Å². The van der Waals surface area contributed by atoms with E-state index in [0.29, 0.717) is 5.88 Å². The van der Waals surface area contributed by atoms with Crippen LogP contribution in [0.15, 0.2) is 41.0 Å². The van der Waals surface area contributed by atoms with E-state index in [4.69, 9.17) is 4.74 Å². The number of hydrogen-bond donors (Lipinski definition) is 1. The fraction of sp³-hybridized carbons (Fsp3) is 0.353. The Labute approximate surface area is 138 Å². The summed E-state index contributed by atoms with van der Waals surface area (Å²) in [6, 6.07) is 9.88. The van der Waals surface area contributed by atoms with Crippen molar-refractivity contribution < 1.29 is 9.84 Å². The van der Waals surface area contributed by atoms with Gasteiger partial charge in [-0.2, -0.15) is 0 Å². The summed E-state index contributed by atoms with van der Waals surface area (Å²) in [5.74, 6) is 0.675. The minimum Gasteiger partial charge on any atom is -0.472 e. The average molecular weight is 363 g/mol. The zero-order chi connectivity index (χ0) is 15.5. The van der Waals surface area contributed by atoms with Gasteiger partial charge in [-0.1, -0.05) is 28.1 Å². The van der Waals surface area contributed by atoms with Gasteiger partial charge in [0.05, 0.1) is 13.2 Å². The van der Waals surface area contributed by atoms with Crippen LogP contribution in [0.2, 0.25) is 0 Å². The first-order valence-electron chi connectivity index (χ1n) is 7.39. The van der Waals surface area contributed by atoms with Gasteiger partial charge in [0.25, 0.3) is 0 Å². The Bertz CT molecular complexity index is 646. The molecule has 2 heterocycles. The molecule has 1 saturated heterocycles. The van der Waals surface area contributed by atoms with Gasteiger partial charge in [-0.25, -0.2) is 4.98 Å². The molecule has 1 atom stereocenters. The van der Waals surface area contributed by atoms with E-state index in [-0.39, 0.29) is 12.7 Å². The monoisotopic (exact) mass is 362 g/mol. The van der Waals surface area contributed by atoms with Gasteiger partial charge in [0.2, 0.25) is 5.88 Å². The SMILES string of the molecule is Cc1ccc(O[C@H]2CCN(c3cc(Br)ccc3CO)C2)nc1. The number of halogens is 1. The molecule has 1 fully saturated rings. The highest BCUT2D eigenvalue weighted by atomic mass is 79.9. The van der Waals surface area contributed by atoms with Crippen LogP contribution in [0.3, 0.4) is 0 Å². The molecule has 1 aromatic carbocycles. The first-order chi connectivity index (χ1) is 10.7. The molecule has 0 bridgehead atoms. The Morgan fingerprint density at radius 3 is 2.95 bits per heavy atom. The van der Waals surface area contributed by atoms with Gasteiger partial charge >= 0.3 is 0 Å². The Kier molecular flexibility index (Phi) is 4.64. The maximum Gasteiger partial charge on any atom is 0.213 e. The molecule has 0 amide bonds. The summed E-state index contributed by atoms with van der Waals surface area (Å²) in [4.78, 5) is 6.56. The molecular weight excluding hydrogens is 344 g/mol. The lowest BCUT2D eigenvalue weighted by Gasteiger charge is -2.22. The lowest BCUT2D eigenvalue weighted by molar-refractivity contribution is 0.215. The molecule has 3 rings (SSSR count). The van der Waals surface area contributed by atoms with E-state index in [1.54, 1.807) is 0 Å². The van der Waals surface area contributed by atoms with Crippen molar-refractivity contribution >= 4 is 21.6 Å². The van der Waals surface area contributed by atoms with Gasteiger partial charge in [0.1, 0.15) is 6.10 Å². The van der Waals surface area contributed by atoms with E-state index in [9.17, 15) is 5.11 Å². The average Bonchev–Trinajstić information content (AvgIpc) is 2.98. The number of rotatable bonds is 4. The zero-order valence-corrected chi connectivity index (χ0v) is 14.1. The second-order valence-corrected chi connectivity index (χ2v) is 6.50. The van der Waals surface area contributed by atoms with Crippen LogP contribution in [-0.2, 0) is 6.61 Å². The number of ether oxygens (including phenoxy) is 1. The van der Waals surface area contributed by atoms with Crippen LogP contribution in [0, 0.1) is 6.92 Å². The van der Waals surface area contributed by atoms with E-state index in [1.807, 2.05) is 37.4 Å². The highest BCUT2D eigenvalue weighted by Gasteiger charge is 2.26. The summed E-state index contributed by atoms with van der Waals surface area (Å²) in [6.45, 7) is 3.78. The lowest BCUT2D eigenvalue weighted by Crippen LogP contribution is -2.25. The van der Waals surface area contributed by atoms with Gasteiger partial charge in [-0.15, -0.1) is 0 Å². The Hall–Kier alpha value is -1.59. The summed E-state index contributed by atoms with van der Waals surface area (Å²) < 4.78 is 6.98. The summed E-state index contributed by atoms with van der Waals surface area (Å²) in [5.41, 5.74) is 3.14. The second kappa shape index (κ2) is 6.67. The van der Waals surface area contributed by atoms with E-state index < -0.39 is 0 Å². The smallest absolute Gasteiger partial charge is 0.213 e. The normalized spacial score (nSPS) is 17.8. The maximum atomic E-state index is 9.51. The van der Waals surface area contributed by atoms with Crippen molar-refractivity contribution in [3.05, 3.63) is 52.1 Å². The third kappa shape index (κ3) is 3.42. The van der Waals surface area contributed by atoms with E-state index in [2.05, 4.69) is 31.9 Å². The number of aromatic nitrogens is 1. The molecule has 116 valence electrons. The molecular formula is C17H19BrN2O2. The van der Waals surface area contributed by atoms with Crippen LogP contribution in [0.5, 0.6) is 5.88 Å². The van der Waals surface area contributed by atoms with E-state index in [1.165, 1.54) is 0 Å². The molecule has 2 aromatic rings. The Morgan fingerprint density at radius 2 is 2.23 bits per heavy atom. The van der Waals surface area contributed by atoms with E-state index >= 15 is 0 Å². The number of nitrogens with zero attached hydrogens (tertiary/aromatic N) is 2. The molecule has 0 radical (unpaired) electrons. The molecule has 22 heavy (non-hydrogen) atoms.